The van der Waals surface area contributed by atoms with E-state index in [4.69, 9.17) is 21.1 Å². The molecule has 1 aliphatic heterocycles. The zero-order chi connectivity index (χ0) is 32.3. The van der Waals surface area contributed by atoms with Crippen LogP contribution in [0.25, 0.3) is 11.1 Å². The van der Waals surface area contributed by atoms with Gasteiger partial charge in [0.2, 0.25) is 5.88 Å². The number of pyridine rings is 2. The number of nitrogens with zero attached hydrogens (tertiary/aromatic N) is 3. The van der Waals surface area contributed by atoms with Gasteiger partial charge in [0, 0.05) is 49.1 Å². The summed E-state index contributed by atoms with van der Waals surface area (Å²) in [7, 11) is 1.57. The molecule has 0 unspecified atom stereocenters. The molecular formula is C30H30ClF4N5O5. The van der Waals surface area contributed by atoms with E-state index in [0.29, 0.717) is 25.3 Å². The molecule has 3 heterocycles. The fourth-order valence-electron chi connectivity index (χ4n) is 4.85. The van der Waals surface area contributed by atoms with Crippen molar-refractivity contribution in [1.82, 2.24) is 19.8 Å². The molecule has 2 fully saturated rings. The molecule has 0 spiro atoms. The number of amides is 2. The minimum Gasteiger partial charge on any atom is -0.472 e. The standard InChI is InChI=1S/C30H30ClF4N5O5/c1-44-7-6-36-12-17-8-23(29(43)40(13-17)20-3-4-20)27(41)38-25-9-18(10-26(37-25)45-14-24(32)33)21-5-2-19(31)11-22(21)28(42)39-15-30(34,35)16-39/h2,5,8-11,13,20,24,36H,3-4,6-7,12,14-16H2,1H3,(H,37,38,41). The van der Waals surface area contributed by atoms with Crippen molar-refractivity contribution in [2.45, 2.75) is 37.8 Å². The van der Waals surface area contributed by atoms with E-state index < -0.39 is 49.4 Å². The number of nitrogens with one attached hydrogen (secondary N) is 2. The summed E-state index contributed by atoms with van der Waals surface area (Å²) in [5, 5.41) is 5.89. The van der Waals surface area contributed by atoms with Crippen molar-refractivity contribution in [1.29, 1.82) is 0 Å². The van der Waals surface area contributed by atoms with Crippen molar-refractivity contribution in [3.63, 3.8) is 0 Å². The van der Waals surface area contributed by atoms with E-state index in [1.165, 1.54) is 41.0 Å². The molecule has 2 N–H and O–H groups in total. The number of carbonyl (C=O) groups is 2. The van der Waals surface area contributed by atoms with E-state index in [1.54, 1.807) is 13.3 Å². The first-order valence-electron chi connectivity index (χ1n) is 14.1. The molecule has 0 radical (unpaired) electrons. The highest BCUT2D eigenvalue weighted by Crippen LogP contribution is 2.35. The average Bonchev–Trinajstić information content (AvgIpc) is 3.82. The second-order valence-electron chi connectivity index (χ2n) is 10.8. The molecule has 1 aliphatic carbocycles. The van der Waals surface area contributed by atoms with Crippen LogP contribution in [0.1, 0.15) is 45.2 Å². The van der Waals surface area contributed by atoms with Crippen molar-refractivity contribution < 1.29 is 36.6 Å². The summed E-state index contributed by atoms with van der Waals surface area (Å²) >= 11 is 6.13. The number of carbonyl (C=O) groups excluding carboxylic acids is 2. The van der Waals surface area contributed by atoms with Crippen LogP contribution < -0.4 is 20.9 Å². The lowest BCUT2D eigenvalue weighted by molar-refractivity contribution is -0.113. The Morgan fingerprint density at radius 1 is 1.13 bits per heavy atom. The summed E-state index contributed by atoms with van der Waals surface area (Å²) in [6.45, 7) is -1.15. The smallest absolute Gasteiger partial charge is 0.282 e. The lowest BCUT2D eigenvalue weighted by Crippen LogP contribution is -2.58. The molecule has 45 heavy (non-hydrogen) atoms. The Kier molecular flexibility index (Phi) is 9.75. The van der Waals surface area contributed by atoms with Gasteiger partial charge in [0.25, 0.3) is 29.7 Å². The van der Waals surface area contributed by atoms with Crippen LogP contribution >= 0.6 is 11.6 Å². The van der Waals surface area contributed by atoms with Gasteiger partial charge in [0.1, 0.15) is 11.4 Å². The van der Waals surface area contributed by atoms with Gasteiger partial charge in [0.05, 0.1) is 19.7 Å². The van der Waals surface area contributed by atoms with Crippen molar-refractivity contribution in [2.24, 2.45) is 0 Å². The number of rotatable bonds is 13. The van der Waals surface area contributed by atoms with Crippen LogP contribution in [0, 0.1) is 0 Å². The summed E-state index contributed by atoms with van der Waals surface area (Å²) in [5.41, 5.74) is 0.408. The maximum absolute atomic E-state index is 13.5. The van der Waals surface area contributed by atoms with Crippen LogP contribution in [0.4, 0.5) is 23.4 Å². The van der Waals surface area contributed by atoms with Crippen LogP contribution in [-0.4, -0.2) is 78.6 Å². The monoisotopic (exact) mass is 651 g/mol. The number of aromatic nitrogens is 2. The Labute approximate surface area is 260 Å². The fourth-order valence-corrected chi connectivity index (χ4v) is 5.03. The number of ether oxygens (including phenoxy) is 2. The number of hydrogen-bond acceptors (Lipinski definition) is 7. The fraction of sp³-hybridized carbons (Fsp3) is 0.400. The van der Waals surface area contributed by atoms with Gasteiger partial charge < -0.3 is 29.6 Å². The van der Waals surface area contributed by atoms with Crippen LogP contribution in [0.5, 0.6) is 5.88 Å². The van der Waals surface area contributed by atoms with Gasteiger partial charge in [-0.1, -0.05) is 17.7 Å². The first-order valence-corrected chi connectivity index (χ1v) is 14.5. The first kappa shape index (κ1) is 32.4. The first-order chi connectivity index (χ1) is 21.4. The minimum absolute atomic E-state index is 0.0222. The van der Waals surface area contributed by atoms with E-state index in [2.05, 4.69) is 15.6 Å². The van der Waals surface area contributed by atoms with Crippen LogP contribution in [0.2, 0.25) is 5.02 Å². The largest absolute Gasteiger partial charge is 0.472 e. The maximum Gasteiger partial charge on any atom is 0.282 e. The number of likely N-dealkylation sites (tertiary alicyclic amines) is 1. The third kappa shape index (κ3) is 7.99. The Morgan fingerprint density at radius 2 is 1.89 bits per heavy atom. The minimum atomic E-state index is -3.01. The number of hydrogen-bond donors (Lipinski definition) is 2. The van der Waals surface area contributed by atoms with E-state index in [-0.39, 0.29) is 45.0 Å². The van der Waals surface area contributed by atoms with Gasteiger partial charge in [-0.2, -0.15) is 4.98 Å². The molecule has 1 saturated heterocycles. The van der Waals surface area contributed by atoms with Crippen molar-refractivity contribution in [3.05, 3.63) is 74.7 Å². The van der Waals surface area contributed by atoms with Crippen LogP contribution in [0.3, 0.4) is 0 Å². The molecule has 15 heteroatoms. The number of benzene rings is 1. The molecule has 1 aromatic carbocycles. The lowest BCUT2D eigenvalue weighted by Gasteiger charge is -2.39. The second kappa shape index (κ2) is 13.5. The van der Waals surface area contributed by atoms with Crippen molar-refractivity contribution in [3.8, 4) is 17.0 Å². The third-order valence-corrected chi connectivity index (χ3v) is 7.39. The van der Waals surface area contributed by atoms with E-state index >= 15 is 0 Å². The topological polar surface area (TPSA) is 115 Å². The SMILES string of the molecule is COCCNCc1cc(C(=O)Nc2cc(-c3ccc(Cl)cc3C(=O)N3CC(F)(F)C3)cc(OCC(F)F)n2)c(=O)n(C2CC2)c1. The number of methoxy groups -OCH3 is 1. The van der Waals surface area contributed by atoms with E-state index in [9.17, 15) is 31.9 Å². The molecule has 5 rings (SSSR count). The number of anilines is 1. The average molecular weight is 652 g/mol. The van der Waals surface area contributed by atoms with E-state index in [1.807, 2.05) is 0 Å². The molecule has 2 aromatic heterocycles. The maximum atomic E-state index is 13.5. The van der Waals surface area contributed by atoms with Crippen molar-refractivity contribution >= 4 is 29.2 Å². The summed E-state index contributed by atoms with van der Waals surface area (Å²) in [6, 6.07) is 8.30. The molecule has 10 nitrogen and oxygen atoms in total. The van der Waals surface area contributed by atoms with Gasteiger partial charge in [-0.05, 0) is 53.8 Å². The highest BCUT2D eigenvalue weighted by molar-refractivity contribution is 6.31. The second-order valence-corrected chi connectivity index (χ2v) is 11.3. The Balaban J connectivity index is 1.48. The van der Waals surface area contributed by atoms with Crippen molar-refractivity contribution in [2.75, 3.05) is 45.3 Å². The summed E-state index contributed by atoms with van der Waals surface area (Å²) in [6.07, 6.45) is 0.467. The molecule has 0 bridgehead atoms. The van der Waals surface area contributed by atoms with Gasteiger partial charge in [-0.3, -0.25) is 14.4 Å². The quantitative estimate of drug-likeness (QED) is 0.205. The van der Waals surface area contributed by atoms with Crippen LogP contribution in [-0.2, 0) is 11.3 Å². The van der Waals surface area contributed by atoms with Gasteiger partial charge in [-0.15, -0.1) is 0 Å². The summed E-state index contributed by atoms with van der Waals surface area (Å²) in [4.78, 5) is 45.0. The van der Waals surface area contributed by atoms with Gasteiger partial charge in [-0.25, -0.2) is 17.6 Å². The molecule has 0 atom stereocenters. The summed E-state index contributed by atoms with van der Waals surface area (Å²) < 4.78 is 64.8. The zero-order valence-electron chi connectivity index (χ0n) is 24.1. The number of halogens is 5. The third-order valence-electron chi connectivity index (χ3n) is 7.15. The number of alkyl halides is 4. The predicted octanol–water partition coefficient (Wildman–Crippen LogP) is 4.62. The Bertz CT molecular complexity index is 1640. The highest BCUT2D eigenvalue weighted by atomic mass is 35.5. The molecule has 2 aliphatic rings. The summed E-state index contributed by atoms with van der Waals surface area (Å²) in [5.74, 6) is -4.99. The van der Waals surface area contributed by atoms with Gasteiger partial charge in [0.15, 0.2) is 6.61 Å². The Hall–Kier alpha value is -4.01. The molecule has 240 valence electrons. The molecular weight excluding hydrogens is 622 g/mol. The molecule has 3 aromatic rings. The molecule has 1 saturated carbocycles. The zero-order valence-corrected chi connectivity index (χ0v) is 24.9. The van der Waals surface area contributed by atoms with Crippen LogP contribution in [0.15, 0.2) is 47.4 Å². The van der Waals surface area contributed by atoms with Gasteiger partial charge >= 0.3 is 0 Å². The normalized spacial score (nSPS) is 15.6. The molecule has 2 amide bonds. The van der Waals surface area contributed by atoms with E-state index in [0.717, 1.165) is 17.7 Å². The lowest BCUT2D eigenvalue weighted by atomic mass is 9.97. The predicted molar refractivity (Wildman–Crippen MR) is 158 cm³/mol. The Morgan fingerprint density at radius 3 is 2.56 bits per heavy atom. The highest BCUT2D eigenvalue weighted by Gasteiger charge is 2.46.